The third kappa shape index (κ3) is 11.2. The first-order valence-electron chi connectivity index (χ1n) is 15.4. The van der Waals surface area contributed by atoms with Gasteiger partial charge in [-0.15, -0.1) is 0 Å². The molecule has 0 aliphatic carbocycles. The Kier molecular flexibility index (Phi) is 15.1. The van der Waals surface area contributed by atoms with Crippen molar-refractivity contribution in [3.63, 3.8) is 0 Å². The van der Waals surface area contributed by atoms with Crippen LogP contribution in [0.2, 0.25) is 0 Å². The summed E-state index contributed by atoms with van der Waals surface area (Å²) in [6.07, 6.45) is 0. The molecule has 47 heavy (non-hydrogen) atoms. The maximum Gasteiger partial charge on any atom is -0.0134 e. The molecule has 7 rings (SSSR count). The van der Waals surface area contributed by atoms with Gasteiger partial charge in [-0.05, 0) is 47.7 Å². The standard InChI is InChI=1S/2C18H15P.C7H7.HI.Pd/c2*1-4-10-16(11-5-1)19(17-12-6-2-7-13-17)18-14-8-3-9-15-18;1-7-5-3-2-4-6-7;;/h2*1-15H;2-6H,1H2;1H;/q;;;;+1/p-1. The van der Waals surface area contributed by atoms with E-state index in [0.29, 0.717) is 0 Å². The van der Waals surface area contributed by atoms with Gasteiger partial charge in [-0.2, -0.15) is 0 Å². The van der Waals surface area contributed by atoms with Crippen LogP contribution >= 0.6 is 35.4 Å². The molecule has 0 atom stereocenters. The van der Waals surface area contributed by atoms with Gasteiger partial charge >= 0.3 is 74.7 Å². The number of rotatable bonds is 8. The molecular weight excluding hydrogens is 812 g/mol. The van der Waals surface area contributed by atoms with Gasteiger partial charge in [-0.3, -0.25) is 0 Å². The molecule has 0 amide bonds. The molecule has 0 N–H and O–H groups in total. The Bertz CT molecular complexity index is 1500. The van der Waals surface area contributed by atoms with Gasteiger partial charge in [-0.25, -0.2) is 0 Å². The van der Waals surface area contributed by atoms with Gasteiger partial charge in [-0.1, -0.05) is 182 Å². The third-order valence-electron chi connectivity index (χ3n) is 7.10. The fraction of sp³-hybridized carbons (Fsp3) is 0.0233. The molecule has 236 valence electrons. The molecule has 7 aromatic rings. The van der Waals surface area contributed by atoms with Crippen LogP contribution in [0.5, 0.6) is 0 Å². The summed E-state index contributed by atoms with van der Waals surface area (Å²) in [4.78, 5) is 1.25. The molecule has 0 aromatic heterocycles. The first kappa shape index (κ1) is 35.1. The van der Waals surface area contributed by atoms with Crippen molar-refractivity contribution in [1.29, 1.82) is 0 Å². The van der Waals surface area contributed by atoms with Crippen molar-refractivity contribution in [2.24, 2.45) is 0 Å². The van der Waals surface area contributed by atoms with Gasteiger partial charge in [0, 0.05) is 0 Å². The molecular formula is C43H37IP2Pd. The number of halogens is 1. The van der Waals surface area contributed by atoms with Gasteiger partial charge in [0.25, 0.3) is 0 Å². The minimum atomic E-state index is -0.446. The van der Waals surface area contributed by atoms with Crippen molar-refractivity contribution in [2.75, 3.05) is 0 Å². The van der Waals surface area contributed by atoms with Crippen molar-refractivity contribution in [1.82, 2.24) is 0 Å². The van der Waals surface area contributed by atoms with Crippen LogP contribution in [0.1, 0.15) is 5.56 Å². The van der Waals surface area contributed by atoms with Crippen LogP contribution in [0.3, 0.4) is 0 Å². The van der Waals surface area contributed by atoms with Crippen LogP contribution in [0.4, 0.5) is 0 Å². The van der Waals surface area contributed by atoms with E-state index in [1.165, 1.54) is 42.3 Å². The Balaban J connectivity index is 0.000000148. The number of hydrogen-bond donors (Lipinski definition) is 0. The van der Waals surface area contributed by atoms with E-state index in [0.717, 1.165) is 14.4 Å². The summed E-state index contributed by atoms with van der Waals surface area (Å²) in [5.74, 6) is 0. The summed E-state index contributed by atoms with van der Waals surface area (Å²) in [6, 6.07) is 75.3. The Labute approximate surface area is 302 Å². The maximum atomic E-state index is 2.44. The van der Waals surface area contributed by atoms with Gasteiger partial charge < -0.3 is 0 Å². The summed E-state index contributed by atoms with van der Waals surface area (Å²) in [7, 11) is -0.892. The van der Waals surface area contributed by atoms with Crippen LogP contribution in [0, 0.1) is 0 Å². The van der Waals surface area contributed by atoms with E-state index in [2.05, 4.69) is 232 Å². The molecule has 0 fully saturated rings. The topological polar surface area (TPSA) is 0 Å². The van der Waals surface area contributed by atoms with Crippen molar-refractivity contribution >= 4 is 67.2 Å². The van der Waals surface area contributed by atoms with E-state index in [1.54, 1.807) is 0 Å². The first-order chi connectivity index (χ1) is 23.3. The molecule has 4 heteroatoms. The average molecular weight is 849 g/mol. The van der Waals surface area contributed by atoms with Crippen molar-refractivity contribution in [3.8, 4) is 0 Å². The molecule has 7 aromatic carbocycles. The van der Waals surface area contributed by atoms with Crippen LogP contribution in [-0.4, -0.2) is 0 Å². The minimum absolute atomic E-state index is 0.446. The van der Waals surface area contributed by atoms with Gasteiger partial charge in [0.1, 0.15) is 0 Å². The quantitative estimate of drug-likeness (QED) is 0.0813. The molecule has 0 radical (unpaired) electrons. The first-order valence-corrected chi connectivity index (χ1v) is 23.8. The third-order valence-corrected chi connectivity index (χ3v) is 14.3. The second kappa shape index (κ2) is 20.2. The Hall–Kier alpha value is -3.21. The molecule has 0 nitrogen and oxygen atoms in total. The van der Waals surface area contributed by atoms with Crippen molar-refractivity contribution in [2.45, 2.75) is 4.89 Å². The second-order valence-corrected chi connectivity index (χ2v) is 18.6. The van der Waals surface area contributed by atoms with Crippen LogP contribution in [0.25, 0.3) is 0 Å². The molecule has 0 aliphatic rings. The normalized spacial score (nSPS) is 10.4. The molecule has 0 heterocycles. The number of benzene rings is 7. The maximum absolute atomic E-state index is 2.44. The van der Waals surface area contributed by atoms with E-state index in [-0.39, 0.29) is 0 Å². The largest absolute Gasteiger partial charge is 0.0622 e. The second-order valence-electron chi connectivity index (χ2n) is 10.4. The van der Waals surface area contributed by atoms with Crippen LogP contribution in [0.15, 0.2) is 212 Å². The predicted octanol–water partition coefficient (Wildman–Crippen LogP) is 9.51. The molecule has 0 spiro atoms. The van der Waals surface area contributed by atoms with E-state index in [4.69, 9.17) is 0 Å². The van der Waals surface area contributed by atoms with E-state index >= 15 is 0 Å². The summed E-state index contributed by atoms with van der Waals surface area (Å²) in [5.41, 5.74) is 1.46. The minimum Gasteiger partial charge on any atom is -0.0622 e. The Morgan fingerprint density at radius 2 is 0.489 bits per heavy atom. The number of hydrogen-bond acceptors (Lipinski definition) is 0. The predicted molar refractivity (Wildman–Crippen MR) is 214 cm³/mol. The Morgan fingerprint density at radius 3 is 0.681 bits per heavy atom. The molecule has 0 saturated heterocycles. The Morgan fingerprint density at radius 1 is 0.298 bits per heavy atom. The van der Waals surface area contributed by atoms with Crippen molar-refractivity contribution < 1.29 is 14.4 Å². The van der Waals surface area contributed by atoms with Crippen LogP contribution < -0.4 is 31.8 Å². The van der Waals surface area contributed by atoms with Gasteiger partial charge in [0.05, 0.1) is 0 Å². The molecule has 0 saturated carbocycles. The fourth-order valence-corrected chi connectivity index (χ4v) is 11.8. The monoisotopic (exact) mass is 848 g/mol. The zero-order valence-corrected chi connectivity index (χ0v) is 31.5. The smallest absolute Gasteiger partial charge is 0.0134 e. The summed E-state index contributed by atoms with van der Waals surface area (Å²) < 4.78 is 0. The average Bonchev–Trinajstić information content (AvgIpc) is 3.16. The summed E-state index contributed by atoms with van der Waals surface area (Å²) >= 11 is 3.28. The SMILES string of the molecule is [I][Pd][CH2]c1ccccc1.c1ccc(P(c2ccccc2)c2ccccc2)cc1.c1ccc(P(c2ccccc2)c2ccccc2)cc1. The molecule has 0 bridgehead atoms. The zero-order valence-electron chi connectivity index (χ0n) is 26.0. The summed E-state index contributed by atoms with van der Waals surface area (Å²) in [6.45, 7) is 0. The molecule has 0 aliphatic heterocycles. The van der Waals surface area contributed by atoms with E-state index < -0.39 is 15.8 Å². The van der Waals surface area contributed by atoms with Crippen molar-refractivity contribution in [3.05, 3.63) is 218 Å². The zero-order chi connectivity index (χ0) is 32.4. The van der Waals surface area contributed by atoms with E-state index in [9.17, 15) is 0 Å². The summed E-state index contributed by atoms with van der Waals surface area (Å²) in [5, 5.41) is 8.39. The molecule has 0 unspecified atom stereocenters. The fourth-order valence-electron chi connectivity index (χ4n) is 4.96. The van der Waals surface area contributed by atoms with Crippen LogP contribution in [-0.2, 0) is 19.3 Å². The van der Waals surface area contributed by atoms with Gasteiger partial charge in [0.15, 0.2) is 0 Å². The van der Waals surface area contributed by atoms with Gasteiger partial charge in [0.2, 0.25) is 0 Å². The van der Waals surface area contributed by atoms with E-state index in [1.807, 2.05) is 0 Å².